The largest absolute Gasteiger partial charge is 0.495 e. The zero-order valence-corrected chi connectivity index (χ0v) is 17.5. The van der Waals surface area contributed by atoms with Gasteiger partial charge in [-0.05, 0) is 49.2 Å². The molecule has 170 valence electrons. The predicted octanol–water partition coefficient (Wildman–Crippen LogP) is 4.32. The van der Waals surface area contributed by atoms with Gasteiger partial charge in [-0.15, -0.1) is 0 Å². The second-order valence-corrected chi connectivity index (χ2v) is 6.70. The summed E-state index contributed by atoms with van der Waals surface area (Å²) >= 11 is 0. The van der Waals surface area contributed by atoms with Gasteiger partial charge in [0, 0.05) is 6.42 Å². The van der Waals surface area contributed by atoms with Gasteiger partial charge < -0.3 is 19.9 Å². The lowest BCUT2D eigenvalue weighted by atomic mass is 10.1. The molecule has 0 saturated carbocycles. The van der Waals surface area contributed by atoms with Crippen molar-refractivity contribution in [2.45, 2.75) is 38.9 Å². The van der Waals surface area contributed by atoms with Crippen LogP contribution in [-0.2, 0) is 27.2 Å². The number of hydrogen-bond acceptors (Lipinski definition) is 4. The molecule has 9 heteroatoms. The third-order valence-corrected chi connectivity index (χ3v) is 3.95. The van der Waals surface area contributed by atoms with Crippen molar-refractivity contribution in [1.82, 2.24) is 0 Å². The topological polar surface area (TPSA) is 84.9 Å². The van der Waals surface area contributed by atoms with Gasteiger partial charge in [0.2, 0.25) is 12.8 Å². The molecular weight excluding hydrogens is 415 g/mol. The van der Waals surface area contributed by atoms with E-state index in [1.54, 1.807) is 44.2 Å². The lowest BCUT2D eigenvalue weighted by Crippen LogP contribution is -2.29. The normalized spacial score (nSPS) is 11.3. The van der Waals surface area contributed by atoms with Crippen LogP contribution < -0.4 is 10.1 Å². The zero-order valence-electron chi connectivity index (χ0n) is 17.5. The van der Waals surface area contributed by atoms with E-state index in [2.05, 4.69) is 5.32 Å². The Kier molecular flexibility index (Phi) is 11.1. The highest BCUT2D eigenvalue weighted by Gasteiger charge is 2.21. The molecule has 0 spiro atoms. The van der Waals surface area contributed by atoms with Crippen LogP contribution in [0.3, 0.4) is 0 Å². The van der Waals surface area contributed by atoms with Crippen molar-refractivity contribution in [3.05, 3.63) is 59.4 Å². The maximum Gasteiger partial charge on any atom is 0.333 e. The van der Waals surface area contributed by atoms with Crippen LogP contribution in [-0.4, -0.2) is 43.2 Å². The number of ether oxygens (including phenoxy) is 2. The van der Waals surface area contributed by atoms with Crippen LogP contribution in [0.5, 0.6) is 5.75 Å². The SMILES string of the molecule is COc1ccc(CC(OC(C)C)C(=O)O)cc1NC(=O)Cc1ccc(F)cc1.FCF. The lowest BCUT2D eigenvalue weighted by Gasteiger charge is -2.18. The molecule has 2 N–H and O–H groups in total. The van der Waals surface area contributed by atoms with Gasteiger partial charge in [0.05, 0.1) is 25.3 Å². The molecule has 6 nitrogen and oxygen atoms in total. The summed E-state index contributed by atoms with van der Waals surface area (Å²) in [4.78, 5) is 23.7. The predicted molar refractivity (Wildman–Crippen MR) is 110 cm³/mol. The monoisotopic (exact) mass is 441 g/mol. The average molecular weight is 441 g/mol. The number of rotatable bonds is 9. The smallest absolute Gasteiger partial charge is 0.333 e. The maximum absolute atomic E-state index is 13.0. The first-order valence-electron chi connectivity index (χ1n) is 9.41. The van der Waals surface area contributed by atoms with Crippen molar-refractivity contribution in [2.24, 2.45) is 0 Å². The quantitative estimate of drug-likeness (QED) is 0.606. The van der Waals surface area contributed by atoms with Crippen LogP contribution in [0.1, 0.15) is 25.0 Å². The molecule has 0 aliphatic rings. The standard InChI is InChI=1S/C21H24FNO5.CH2F2/c1-13(2)28-19(21(25)26)11-15-6-9-18(27-3)17(10-15)23-20(24)12-14-4-7-16(22)8-5-14;2-1-3/h4-10,13,19H,11-12H2,1-3H3,(H,23,24)(H,25,26);1H2. The number of anilines is 1. The van der Waals surface area contributed by atoms with Crippen LogP contribution in [0, 0.1) is 5.82 Å². The average Bonchev–Trinajstić information content (AvgIpc) is 2.69. The Morgan fingerprint density at radius 3 is 2.16 bits per heavy atom. The summed E-state index contributed by atoms with van der Waals surface area (Å²) in [6.45, 7) is 1.79. The van der Waals surface area contributed by atoms with E-state index in [1.165, 1.54) is 19.2 Å². The fourth-order valence-corrected chi connectivity index (χ4v) is 2.70. The third kappa shape index (κ3) is 9.52. The summed E-state index contributed by atoms with van der Waals surface area (Å²) in [5.41, 5.74) is 1.79. The molecule has 2 aromatic carbocycles. The third-order valence-electron chi connectivity index (χ3n) is 3.95. The fraction of sp³-hybridized carbons (Fsp3) is 0.364. The number of nitrogens with one attached hydrogen (secondary N) is 1. The number of carboxylic acid groups (broad SMARTS) is 1. The van der Waals surface area contributed by atoms with Gasteiger partial charge in [0.25, 0.3) is 0 Å². The minimum absolute atomic E-state index is 0.0713. The van der Waals surface area contributed by atoms with E-state index in [0.717, 1.165) is 0 Å². The Hall–Kier alpha value is -3.07. The molecule has 1 unspecified atom stereocenters. The summed E-state index contributed by atoms with van der Waals surface area (Å²) in [7, 11) is 1.48. The number of hydrogen-bond donors (Lipinski definition) is 2. The van der Waals surface area contributed by atoms with E-state index < -0.39 is 19.0 Å². The minimum Gasteiger partial charge on any atom is -0.495 e. The zero-order chi connectivity index (χ0) is 23.4. The number of halogens is 3. The Morgan fingerprint density at radius 2 is 1.65 bits per heavy atom. The summed E-state index contributed by atoms with van der Waals surface area (Å²) < 4.78 is 42.9. The number of methoxy groups -OCH3 is 1. The Balaban J connectivity index is 0.00000151. The molecule has 0 bridgehead atoms. The number of aliphatic carboxylic acids is 1. The molecule has 0 aliphatic heterocycles. The van der Waals surface area contributed by atoms with E-state index in [9.17, 15) is 27.9 Å². The first-order chi connectivity index (χ1) is 14.7. The van der Waals surface area contributed by atoms with E-state index in [0.29, 0.717) is 22.6 Å². The second-order valence-electron chi connectivity index (χ2n) is 6.70. The number of benzene rings is 2. The van der Waals surface area contributed by atoms with Gasteiger partial charge in [-0.1, -0.05) is 18.2 Å². The van der Waals surface area contributed by atoms with E-state index in [4.69, 9.17) is 9.47 Å². The van der Waals surface area contributed by atoms with Crippen molar-refractivity contribution in [3.8, 4) is 5.75 Å². The number of carboxylic acids is 1. The summed E-state index contributed by atoms with van der Waals surface area (Å²) in [6, 6.07) is 10.7. The number of alkyl halides is 2. The van der Waals surface area contributed by atoms with Crippen molar-refractivity contribution in [2.75, 3.05) is 19.4 Å². The molecule has 0 heterocycles. The van der Waals surface area contributed by atoms with Crippen LogP contribution in [0.25, 0.3) is 0 Å². The molecule has 0 fully saturated rings. The molecule has 2 rings (SSSR count). The Labute approximate surface area is 179 Å². The van der Waals surface area contributed by atoms with Gasteiger partial charge in [-0.25, -0.2) is 18.0 Å². The van der Waals surface area contributed by atoms with Gasteiger partial charge in [0.15, 0.2) is 6.10 Å². The van der Waals surface area contributed by atoms with Crippen molar-refractivity contribution >= 4 is 17.6 Å². The van der Waals surface area contributed by atoms with E-state index in [1.807, 2.05) is 0 Å². The number of carbonyl (C=O) groups excluding carboxylic acids is 1. The highest BCUT2D eigenvalue weighted by Crippen LogP contribution is 2.27. The Morgan fingerprint density at radius 1 is 1.06 bits per heavy atom. The highest BCUT2D eigenvalue weighted by molar-refractivity contribution is 5.93. The minimum atomic E-state index is -1.75. The molecular formula is C22H26F3NO5. The summed E-state index contributed by atoms with van der Waals surface area (Å²) in [5, 5.41) is 12.1. The van der Waals surface area contributed by atoms with Crippen LogP contribution >= 0.6 is 0 Å². The summed E-state index contributed by atoms with van der Waals surface area (Å²) in [5.74, 6) is -1.26. The van der Waals surface area contributed by atoms with Crippen molar-refractivity contribution in [3.63, 3.8) is 0 Å². The Bertz CT molecular complexity index is 844. The van der Waals surface area contributed by atoms with Gasteiger partial charge in [-0.3, -0.25) is 4.79 Å². The molecule has 1 atom stereocenters. The molecule has 2 aromatic rings. The summed E-state index contributed by atoms with van der Waals surface area (Å²) in [6.07, 6.45) is -0.995. The van der Waals surface area contributed by atoms with Gasteiger partial charge >= 0.3 is 5.97 Å². The van der Waals surface area contributed by atoms with Crippen molar-refractivity contribution in [1.29, 1.82) is 0 Å². The highest BCUT2D eigenvalue weighted by atomic mass is 19.3. The van der Waals surface area contributed by atoms with E-state index in [-0.39, 0.29) is 30.7 Å². The van der Waals surface area contributed by atoms with Gasteiger partial charge in [0.1, 0.15) is 11.6 Å². The number of amides is 1. The number of carbonyl (C=O) groups is 2. The first-order valence-corrected chi connectivity index (χ1v) is 9.41. The van der Waals surface area contributed by atoms with Crippen LogP contribution in [0.4, 0.5) is 18.9 Å². The molecule has 0 aromatic heterocycles. The second kappa shape index (κ2) is 13.3. The first kappa shape index (κ1) is 26.0. The molecule has 1 amide bonds. The molecule has 31 heavy (non-hydrogen) atoms. The molecule has 0 aliphatic carbocycles. The van der Waals surface area contributed by atoms with Crippen LogP contribution in [0.2, 0.25) is 0 Å². The molecule has 0 saturated heterocycles. The fourth-order valence-electron chi connectivity index (χ4n) is 2.70. The van der Waals surface area contributed by atoms with E-state index >= 15 is 0 Å². The van der Waals surface area contributed by atoms with Crippen molar-refractivity contribution < 1.29 is 37.3 Å². The van der Waals surface area contributed by atoms with Gasteiger partial charge in [-0.2, -0.15) is 0 Å². The lowest BCUT2D eigenvalue weighted by molar-refractivity contribution is -0.153. The van der Waals surface area contributed by atoms with Crippen LogP contribution in [0.15, 0.2) is 42.5 Å². The maximum atomic E-state index is 13.0. The molecule has 0 radical (unpaired) electrons.